The molecule has 0 atom stereocenters. The number of hydrazone groups is 1. The van der Waals surface area contributed by atoms with Crippen LogP contribution >= 0.6 is 11.6 Å². The average molecular weight is 393 g/mol. The SMILES string of the molecule is Cc1ccc(C(=O)N/N=C\c2ccc(OC(=O)c3ccccc3)cc2)c(Cl)c1. The molecule has 3 aromatic carbocycles. The number of nitrogens with zero attached hydrogens (tertiary/aromatic N) is 1. The molecule has 0 unspecified atom stereocenters. The fourth-order valence-corrected chi connectivity index (χ4v) is 2.71. The molecule has 1 amide bonds. The van der Waals surface area contributed by atoms with Gasteiger partial charge in [-0.1, -0.05) is 35.9 Å². The minimum atomic E-state index is -0.427. The zero-order valence-corrected chi connectivity index (χ0v) is 15.8. The summed E-state index contributed by atoms with van der Waals surface area (Å²) in [6.45, 7) is 1.90. The van der Waals surface area contributed by atoms with Crippen molar-refractivity contribution in [2.45, 2.75) is 6.92 Å². The number of carbonyl (C=O) groups is 2. The highest BCUT2D eigenvalue weighted by Crippen LogP contribution is 2.17. The van der Waals surface area contributed by atoms with Crippen molar-refractivity contribution in [2.24, 2.45) is 5.10 Å². The third kappa shape index (κ3) is 5.05. The van der Waals surface area contributed by atoms with E-state index in [0.29, 0.717) is 21.9 Å². The van der Waals surface area contributed by atoms with E-state index in [0.717, 1.165) is 11.1 Å². The van der Waals surface area contributed by atoms with Crippen LogP contribution in [-0.2, 0) is 0 Å². The van der Waals surface area contributed by atoms with Gasteiger partial charge in [-0.05, 0) is 66.6 Å². The largest absolute Gasteiger partial charge is 0.423 e. The van der Waals surface area contributed by atoms with E-state index in [-0.39, 0.29) is 0 Å². The van der Waals surface area contributed by atoms with Crippen LogP contribution in [0.1, 0.15) is 31.8 Å². The van der Waals surface area contributed by atoms with Gasteiger partial charge in [-0.3, -0.25) is 4.79 Å². The van der Waals surface area contributed by atoms with Crippen LogP contribution in [0.25, 0.3) is 0 Å². The Morgan fingerprint density at radius 1 is 1.00 bits per heavy atom. The second-order valence-corrected chi connectivity index (χ2v) is 6.41. The molecule has 0 aliphatic carbocycles. The van der Waals surface area contributed by atoms with E-state index in [4.69, 9.17) is 16.3 Å². The number of hydrogen-bond donors (Lipinski definition) is 1. The summed E-state index contributed by atoms with van der Waals surface area (Å²) in [5.74, 6) is -0.402. The van der Waals surface area contributed by atoms with E-state index < -0.39 is 11.9 Å². The van der Waals surface area contributed by atoms with Crippen LogP contribution in [-0.4, -0.2) is 18.1 Å². The van der Waals surface area contributed by atoms with Crippen LogP contribution in [0.3, 0.4) is 0 Å². The highest BCUT2D eigenvalue weighted by Gasteiger charge is 2.09. The number of amides is 1. The molecule has 3 rings (SSSR count). The third-order valence-electron chi connectivity index (χ3n) is 3.85. The van der Waals surface area contributed by atoms with Crippen LogP contribution in [0.4, 0.5) is 0 Å². The van der Waals surface area contributed by atoms with Gasteiger partial charge in [0.2, 0.25) is 0 Å². The summed E-state index contributed by atoms with van der Waals surface area (Å²) in [7, 11) is 0. The zero-order valence-electron chi connectivity index (χ0n) is 15.1. The molecule has 0 radical (unpaired) electrons. The Bertz CT molecular complexity index is 1020. The van der Waals surface area contributed by atoms with Crippen molar-refractivity contribution >= 4 is 29.7 Å². The van der Waals surface area contributed by atoms with Crippen molar-refractivity contribution in [3.63, 3.8) is 0 Å². The van der Waals surface area contributed by atoms with Gasteiger partial charge >= 0.3 is 5.97 Å². The Morgan fingerprint density at radius 3 is 2.39 bits per heavy atom. The molecular weight excluding hydrogens is 376 g/mol. The molecule has 28 heavy (non-hydrogen) atoms. The molecule has 0 aromatic heterocycles. The highest BCUT2D eigenvalue weighted by molar-refractivity contribution is 6.33. The summed E-state index contributed by atoms with van der Waals surface area (Å²) in [6, 6.07) is 20.7. The number of hydrogen-bond acceptors (Lipinski definition) is 4. The first kappa shape index (κ1) is 19.3. The van der Waals surface area contributed by atoms with Crippen LogP contribution in [0, 0.1) is 6.92 Å². The lowest BCUT2D eigenvalue weighted by Gasteiger charge is -2.05. The number of halogens is 1. The van der Waals surface area contributed by atoms with Crippen molar-refractivity contribution in [3.05, 3.63) is 100 Å². The minimum Gasteiger partial charge on any atom is -0.423 e. The predicted octanol–water partition coefficient (Wildman–Crippen LogP) is 4.63. The monoisotopic (exact) mass is 392 g/mol. The smallest absolute Gasteiger partial charge is 0.343 e. The first-order valence-corrected chi connectivity index (χ1v) is 8.87. The van der Waals surface area contributed by atoms with Crippen molar-refractivity contribution in [1.82, 2.24) is 5.43 Å². The molecule has 0 spiro atoms. The quantitative estimate of drug-likeness (QED) is 0.298. The van der Waals surface area contributed by atoms with Gasteiger partial charge in [-0.15, -0.1) is 0 Å². The maximum Gasteiger partial charge on any atom is 0.343 e. The van der Waals surface area contributed by atoms with E-state index in [9.17, 15) is 9.59 Å². The first-order chi connectivity index (χ1) is 13.5. The molecule has 140 valence electrons. The Kier molecular flexibility index (Phi) is 6.19. The van der Waals surface area contributed by atoms with E-state index in [1.165, 1.54) is 6.21 Å². The molecule has 0 saturated carbocycles. The number of carbonyl (C=O) groups excluding carboxylic acids is 2. The maximum absolute atomic E-state index is 12.1. The number of esters is 1. The fourth-order valence-electron chi connectivity index (χ4n) is 2.39. The number of nitrogens with one attached hydrogen (secondary N) is 1. The molecule has 0 aliphatic heterocycles. The van der Waals surface area contributed by atoms with Gasteiger partial charge in [0.05, 0.1) is 22.4 Å². The summed E-state index contributed by atoms with van der Waals surface area (Å²) < 4.78 is 5.31. The second kappa shape index (κ2) is 8.97. The maximum atomic E-state index is 12.1. The van der Waals surface area contributed by atoms with Gasteiger partial charge in [0.1, 0.15) is 5.75 Å². The minimum absolute atomic E-state index is 0.354. The van der Waals surface area contributed by atoms with Gasteiger partial charge < -0.3 is 4.74 Å². The van der Waals surface area contributed by atoms with E-state index in [1.807, 2.05) is 13.0 Å². The Balaban J connectivity index is 1.58. The summed E-state index contributed by atoms with van der Waals surface area (Å²) in [4.78, 5) is 24.1. The molecule has 0 saturated heterocycles. The van der Waals surface area contributed by atoms with E-state index >= 15 is 0 Å². The standard InChI is InChI=1S/C22H17ClN2O3/c1-15-7-12-19(20(23)13-15)21(26)25-24-14-16-8-10-18(11-9-16)28-22(27)17-5-3-2-4-6-17/h2-14H,1H3,(H,25,26)/b24-14-. The van der Waals surface area contributed by atoms with Gasteiger partial charge in [-0.2, -0.15) is 5.10 Å². The first-order valence-electron chi connectivity index (χ1n) is 8.50. The fraction of sp³-hybridized carbons (Fsp3) is 0.0455. The van der Waals surface area contributed by atoms with Crippen LogP contribution in [0.5, 0.6) is 5.75 Å². The van der Waals surface area contributed by atoms with Crippen molar-refractivity contribution in [1.29, 1.82) is 0 Å². The molecule has 3 aromatic rings. The van der Waals surface area contributed by atoms with Gasteiger partial charge in [-0.25, -0.2) is 10.2 Å². The van der Waals surface area contributed by atoms with Crippen LogP contribution in [0.2, 0.25) is 5.02 Å². The Labute approximate surface area is 167 Å². The van der Waals surface area contributed by atoms with Gasteiger partial charge in [0, 0.05) is 0 Å². The van der Waals surface area contributed by atoms with E-state index in [2.05, 4.69) is 10.5 Å². The van der Waals surface area contributed by atoms with Crippen LogP contribution in [0.15, 0.2) is 77.9 Å². The summed E-state index contributed by atoms with van der Waals surface area (Å²) in [5, 5.41) is 4.30. The number of aryl methyl sites for hydroxylation is 1. The molecule has 5 nitrogen and oxygen atoms in total. The van der Waals surface area contributed by atoms with Gasteiger partial charge in [0.25, 0.3) is 5.91 Å². The summed E-state index contributed by atoms with van der Waals surface area (Å²) in [5.41, 5.74) is 4.97. The lowest BCUT2D eigenvalue weighted by Crippen LogP contribution is -2.18. The summed E-state index contributed by atoms with van der Waals surface area (Å²) in [6.07, 6.45) is 1.49. The molecule has 6 heteroatoms. The van der Waals surface area contributed by atoms with Gasteiger partial charge in [0.15, 0.2) is 0 Å². The highest BCUT2D eigenvalue weighted by atomic mass is 35.5. The number of benzene rings is 3. The lowest BCUT2D eigenvalue weighted by atomic mass is 10.1. The molecule has 0 fully saturated rings. The number of rotatable bonds is 5. The molecule has 0 aliphatic rings. The van der Waals surface area contributed by atoms with Crippen LogP contribution < -0.4 is 10.2 Å². The topological polar surface area (TPSA) is 67.8 Å². The third-order valence-corrected chi connectivity index (χ3v) is 4.16. The zero-order chi connectivity index (χ0) is 19.9. The van der Waals surface area contributed by atoms with Crippen molar-refractivity contribution < 1.29 is 14.3 Å². The predicted molar refractivity (Wildman–Crippen MR) is 109 cm³/mol. The second-order valence-electron chi connectivity index (χ2n) is 6.01. The van der Waals surface area contributed by atoms with E-state index in [1.54, 1.807) is 66.7 Å². The Hall–Kier alpha value is -3.44. The Morgan fingerprint density at radius 2 is 1.71 bits per heavy atom. The molecule has 0 heterocycles. The van der Waals surface area contributed by atoms with Crippen molar-refractivity contribution in [3.8, 4) is 5.75 Å². The average Bonchev–Trinajstić information content (AvgIpc) is 2.70. The molecule has 1 N–H and O–H groups in total. The summed E-state index contributed by atoms with van der Waals surface area (Å²) >= 11 is 6.07. The molecule has 0 bridgehead atoms. The number of ether oxygens (including phenoxy) is 1. The van der Waals surface area contributed by atoms with Crippen molar-refractivity contribution in [2.75, 3.05) is 0 Å². The lowest BCUT2D eigenvalue weighted by molar-refractivity contribution is 0.0734. The normalized spacial score (nSPS) is 10.6. The molecular formula is C22H17ClN2O3.